The molecule has 2 heteroatoms. The van der Waals surface area contributed by atoms with Crippen molar-refractivity contribution in [2.45, 2.75) is 47.5 Å². The lowest BCUT2D eigenvalue weighted by atomic mass is 9.98. The summed E-state index contributed by atoms with van der Waals surface area (Å²) in [6.45, 7) is 10.1. The zero-order chi connectivity index (χ0) is 12.6. The molecule has 0 radical (unpaired) electrons. The summed E-state index contributed by atoms with van der Waals surface area (Å²) in [5.74, 6) is 0.133. The number of hydrogen-bond acceptors (Lipinski definition) is 1. The lowest BCUT2D eigenvalue weighted by molar-refractivity contribution is -0.116. The maximum absolute atomic E-state index is 11.0. The molecule has 0 spiro atoms. The molecule has 1 aromatic rings. The largest absolute Gasteiger partial charge is 0.326 e. The van der Waals surface area contributed by atoms with E-state index >= 15 is 0 Å². The van der Waals surface area contributed by atoms with Crippen LogP contribution in [0.3, 0.4) is 0 Å². The molecule has 0 saturated carbocycles. The second kappa shape index (κ2) is 7.91. The molecule has 2 nitrogen and oxygen atoms in total. The highest BCUT2D eigenvalue weighted by Crippen LogP contribution is 2.24. The van der Waals surface area contributed by atoms with Gasteiger partial charge in [0, 0.05) is 12.1 Å². The smallest absolute Gasteiger partial charge is 0.224 e. The molecule has 0 fully saturated rings. The Morgan fingerprint density at radius 1 is 1.06 bits per heavy atom. The quantitative estimate of drug-likeness (QED) is 0.706. The molecule has 1 aliphatic rings. The fraction of sp³-hybridized carbons (Fsp3) is 0.500. The van der Waals surface area contributed by atoms with Gasteiger partial charge in [-0.1, -0.05) is 39.8 Å². The SMILES string of the molecule is CC.CC.Cc1cccc2c1CCC(=O)N2. The zero-order valence-electron chi connectivity index (χ0n) is 11.1. The monoisotopic (exact) mass is 221 g/mol. The van der Waals surface area contributed by atoms with Crippen molar-refractivity contribution in [3.63, 3.8) is 0 Å². The first-order valence-corrected chi connectivity index (χ1v) is 6.16. The maximum atomic E-state index is 11.0. The predicted octanol–water partition coefficient (Wildman–Crippen LogP) is 3.93. The molecule has 0 aromatic heterocycles. The standard InChI is InChI=1S/C10H11NO.2C2H6/c1-7-3-2-4-9-8(7)5-6-10(12)11-9;2*1-2/h2-4H,5-6H2,1H3,(H,11,12);2*1-2H3. The predicted molar refractivity (Wildman–Crippen MR) is 70.8 cm³/mol. The van der Waals surface area contributed by atoms with Gasteiger partial charge in [-0.3, -0.25) is 4.79 Å². The van der Waals surface area contributed by atoms with Crippen molar-refractivity contribution in [3.05, 3.63) is 29.3 Å². The van der Waals surface area contributed by atoms with Crippen LogP contribution in [0.1, 0.15) is 45.2 Å². The minimum atomic E-state index is 0.133. The topological polar surface area (TPSA) is 29.1 Å². The number of rotatable bonds is 0. The molecule has 1 N–H and O–H groups in total. The molecule has 1 heterocycles. The van der Waals surface area contributed by atoms with Crippen molar-refractivity contribution in [2.75, 3.05) is 5.32 Å². The van der Waals surface area contributed by atoms with Gasteiger partial charge in [0.2, 0.25) is 5.91 Å². The number of carbonyl (C=O) groups is 1. The third kappa shape index (κ3) is 3.69. The van der Waals surface area contributed by atoms with Crippen LogP contribution in [0.4, 0.5) is 5.69 Å². The maximum Gasteiger partial charge on any atom is 0.224 e. The van der Waals surface area contributed by atoms with Gasteiger partial charge < -0.3 is 5.32 Å². The summed E-state index contributed by atoms with van der Waals surface area (Å²) in [4.78, 5) is 11.0. The summed E-state index contributed by atoms with van der Waals surface area (Å²) in [7, 11) is 0. The Morgan fingerprint density at radius 3 is 2.31 bits per heavy atom. The van der Waals surface area contributed by atoms with E-state index in [1.165, 1.54) is 11.1 Å². The molecule has 1 amide bonds. The Labute approximate surface area is 99.1 Å². The number of aryl methyl sites for hydroxylation is 1. The van der Waals surface area contributed by atoms with Gasteiger partial charge in [-0.05, 0) is 30.5 Å². The van der Waals surface area contributed by atoms with E-state index in [4.69, 9.17) is 0 Å². The Balaban J connectivity index is 0.000000509. The Kier molecular flexibility index (Phi) is 7.27. The van der Waals surface area contributed by atoms with Crippen LogP contribution in [0.2, 0.25) is 0 Å². The average Bonchev–Trinajstić information content (AvgIpc) is 2.34. The molecule has 0 bridgehead atoms. The summed E-state index contributed by atoms with van der Waals surface area (Å²) in [5.41, 5.74) is 3.55. The van der Waals surface area contributed by atoms with Crippen LogP contribution in [-0.2, 0) is 11.2 Å². The number of fused-ring (bicyclic) bond motifs is 1. The van der Waals surface area contributed by atoms with Crippen LogP contribution in [0.15, 0.2) is 18.2 Å². The van der Waals surface area contributed by atoms with Gasteiger partial charge in [-0.2, -0.15) is 0 Å². The van der Waals surface area contributed by atoms with Crippen LogP contribution in [0, 0.1) is 6.92 Å². The summed E-state index contributed by atoms with van der Waals surface area (Å²) >= 11 is 0. The Hall–Kier alpha value is -1.31. The molecule has 2 rings (SSSR count). The molecule has 0 unspecified atom stereocenters. The minimum absolute atomic E-state index is 0.133. The molecule has 16 heavy (non-hydrogen) atoms. The Bertz CT molecular complexity index is 332. The highest BCUT2D eigenvalue weighted by molar-refractivity contribution is 5.94. The van der Waals surface area contributed by atoms with E-state index in [0.717, 1.165) is 12.1 Å². The van der Waals surface area contributed by atoms with Crippen LogP contribution >= 0.6 is 0 Å². The van der Waals surface area contributed by atoms with Gasteiger partial charge in [0.1, 0.15) is 0 Å². The van der Waals surface area contributed by atoms with E-state index < -0.39 is 0 Å². The molecule has 1 aromatic carbocycles. The summed E-state index contributed by atoms with van der Waals surface area (Å²) < 4.78 is 0. The fourth-order valence-corrected chi connectivity index (χ4v) is 1.60. The summed E-state index contributed by atoms with van der Waals surface area (Å²) in [5, 5.41) is 2.86. The molecule has 0 aliphatic carbocycles. The van der Waals surface area contributed by atoms with Crippen molar-refractivity contribution >= 4 is 11.6 Å². The molecule has 0 saturated heterocycles. The van der Waals surface area contributed by atoms with Crippen LogP contribution in [0.25, 0.3) is 0 Å². The molecular weight excluding hydrogens is 198 g/mol. The second-order valence-electron chi connectivity index (χ2n) is 3.15. The first-order valence-electron chi connectivity index (χ1n) is 6.16. The number of amides is 1. The van der Waals surface area contributed by atoms with E-state index in [1.807, 2.05) is 39.8 Å². The van der Waals surface area contributed by atoms with Gasteiger partial charge >= 0.3 is 0 Å². The van der Waals surface area contributed by atoms with Crippen molar-refractivity contribution in [3.8, 4) is 0 Å². The molecular formula is C14H23NO. The van der Waals surface area contributed by atoms with Gasteiger partial charge in [0.15, 0.2) is 0 Å². The van der Waals surface area contributed by atoms with E-state index in [2.05, 4.69) is 18.3 Å². The van der Waals surface area contributed by atoms with Crippen LogP contribution in [-0.4, -0.2) is 5.91 Å². The third-order valence-corrected chi connectivity index (χ3v) is 2.29. The number of hydrogen-bond donors (Lipinski definition) is 1. The Morgan fingerprint density at radius 2 is 1.69 bits per heavy atom. The third-order valence-electron chi connectivity index (χ3n) is 2.29. The number of nitrogens with one attached hydrogen (secondary N) is 1. The van der Waals surface area contributed by atoms with E-state index in [0.29, 0.717) is 6.42 Å². The van der Waals surface area contributed by atoms with Crippen LogP contribution in [0.5, 0.6) is 0 Å². The fourth-order valence-electron chi connectivity index (χ4n) is 1.60. The number of benzene rings is 1. The minimum Gasteiger partial charge on any atom is -0.326 e. The summed E-state index contributed by atoms with van der Waals surface area (Å²) in [6, 6.07) is 6.01. The summed E-state index contributed by atoms with van der Waals surface area (Å²) in [6.07, 6.45) is 1.51. The average molecular weight is 221 g/mol. The highest BCUT2D eigenvalue weighted by Gasteiger charge is 2.14. The highest BCUT2D eigenvalue weighted by atomic mass is 16.1. The van der Waals surface area contributed by atoms with Crippen LogP contribution < -0.4 is 5.32 Å². The van der Waals surface area contributed by atoms with E-state index in [-0.39, 0.29) is 5.91 Å². The molecule has 0 atom stereocenters. The van der Waals surface area contributed by atoms with Gasteiger partial charge in [-0.25, -0.2) is 0 Å². The van der Waals surface area contributed by atoms with Crippen molar-refractivity contribution in [1.29, 1.82) is 0 Å². The second-order valence-corrected chi connectivity index (χ2v) is 3.15. The molecule has 90 valence electrons. The lowest BCUT2D eigenvalue weighted by Gasteiger charge is -2.18. The number of anilines is 1. The van der Waals surface area contributed by atoms with Gasteiger partial charge in [0.25, 0.3) is 0 Å². The normalized spacial score (nSPS) is 12.2. The van der Waals surface area contributed by atoms with Gasteiger partial charge in [0.05, 0.1) is 0 Å². The zero-order valence-corrected chi connectivity index (χ0v) is 11.1. The van der Waals surface area contributed by atoms with E-state index in [9.17, 15) is 4.79 Å². The van der Waals surface area contributed by atoms with E-state index in [1.54, 1.807) is 0 Å². The van der Waals surface area contributed by atoms with Gasteiger partial charge in [-0.15, -0.1) is 0 Å². The van der Waals surface area contributed by atoms with Crippen molar-refractivity contribution in [1.82, 2.24) is 0 Å². The first kappa shape index (κ1) is 14.7. The first-order chi connectivity index (χ1) is 7.77. The van der Waals surface area contributed by atoms with Crippen molar-refractivity contribution in [2.24, 2.45) is 0 Å². The lowest BCUT2D eigenvalue weighted by Crippen LogP contribution is -2.19. The number of carbonyl (C=O) groups excluding carboxylic acids is 1. The molecule has 1 aliphatic heterocycles. The van der Waals surface area contributed by atoms with Crippen molar-refractivity contribution < 1.29 is 4.79 Å².